The van der Waals surface area contributed by atoms with Crippen LogP contribution in [0.1, 0.15) is 51.7 Å². The number of benzene rings is 1. The molecule has 0 aliphatic heterocycles. The first kappa shape index (κ1) is 18.8. The average molecular weight is 343 g/mol. The topological polar surface area (TPSA) is 46.5 Å². The van der Waals surface area contributed by atoms with E-state index in [4.69, 9.17) is 27.9 Å². The number of hydrogen-bond donors (Lipinski definition) is 1. The molecule has 120 valence electrons. The SMILES string of the molecule is CC(C)(C)OC(=O)C#CCCCC(O)c1ccc(Cl)c(Cl)c1. The van der Waals surface area contributed by atoms with Gasteiger partial charge in [-0.3, -0.25) is 0 Å². The van der Waals surface area contributed by atoms with Gasteiger partial charge in [-0.05, 0) is 51.3 Å². The molecule has 0 saturated heterocycles. The second-order valence-electron chi connectivity index (χ2n) is 5.89. The number of carbonyl (C=O) groups is 1. The molecule has 0 aromatic heterocycles. The van der Waals surface area contributed by atoms with Crippen molar-refractivity contribution in [3.8, 4) is 11.8 Å². The molecule has 0 bridgehead atoms. The summed E-state index contributed by atoms with van der Waals surface area (Å²) in [5.74, 6) is 4.66. The number of esters is 1. The van der Waals surface area contributed by atoms with E-state index in [-0.39, 0.29) is 0 Å². The maximum Gasteiger partial charge on any atom is 0.384 e. The lowest BCUT2D eigenvalue weighted by Gasteiger charge is -2.16. The van der Waals surface area contributed by atoms with Gasteiger partial charge in [-0.1, -0.05) is 35.2 Å². The Labute approximate surface area is 141 Å². The molecule has 0 fully saturated rings. The molecule has 1 rings (SSSR count). The zero-order valence-corrected chi connectivity index (χ0v) is 14.5. The smallest absolute Gasteiger partial charge is 0.384 e. The second kappa shape index (κ2) is 8.43. The molecule has 0 aliphatic rings. The summed E-state index contributed by atoms with van der Waals surface area (Å²) >= 11 is 11.7. The predicted molar refractivity (Wildman–Crippen MR) is 88.9 cm³/mol. The third-order valence-electron chi connectivity index (χ3n) is 2.70. The van der Waals surface area contributed by atoms with Crippen LogP contribution in [-0.4, -0.2) is 16.7 Å². The van der Waals surface area contributed by atoms with E-state index in [1.165, 1.54) is 0 Å². The Hall–Kier alpha value is -1.21. The number of aliphatic hydroxyl groups excluding tert-OH is 1. The molecule has 3 nitrogen and oxygen atoms in total. The van der Waals surface area contributed by atoms with Crippen molar-refractivity contribution in [3.63, 3.8) is 0 Å². The van der Waals surface area contributed by atoms with E-state index in [9.17, 15) is 9.90 Å². The molecule has 0 aliphatic carbocycles. The first-order chi connectivity index (χ1) is 10.2. The molecule has 0 amide bonds. The lowest BCUT2D eigenvalue weighted by atomic mass is 10.0. The highest BCUT2D eigenvalue weighted by molar-refractivity contribution is 6.42. The number of hydrogen-bond acceptors (Lipinski definition) is 3. The minimum atomic E-state index is -0.627. The lowest BCUT2D eigenvalue weighted by molar-refractivity contribution is -0.147. The van der Waals surface area contributed by atoms with E-state index in [0.29, 0.717) is 29.3 Å². The number of aliphatic hydroxyl groups is 1. The highest BCUT2D eigenvalue weighted by Crippen LogP contribution is 2.27. The second-order valence-corrected chi connectivity index (χ2v) is 6.70. The van der Waals surface area contributed by atoms with Crippen LogP contribution in [0.25, 0.3) is 0 Å². The Balaban J connectivity index is 2.38. The van der Waals surface area contributed by atoms with Gasteiger partial charge in [-0.2, -0.15) is 0 Å². The maximum absolute atomic E-state index is 11.4. The van der Waals surface area contributed by atoms with Gasteiger partial charge in [-0.25, -0.2) is 4.79 Å². The molecule has 0 heterocycles. The van der Waals surface area contributed by atoms with E-state index < -0.39 is 17.7 Å². The Bertz CT molecular complexity index is 580. The number of unbranched alkanes of at least 4 members (excludes halogenated alkanes) is 1. The van der Waals surface area contributed by atoms with Crippen LogP contribution in [0.5, 0.6) is 0 Å². The monoisotopic (exact) mass is 342 g/mol. The van der Waals surface area contributed by atoms with E-state index in [2.05, 4.69) is 11.8 Å². The van der Waals surface area contributed by atoms with Crippen molar-refractivity contribution in [3.05, 3.63) is 33.8 Å². The van der Waals surface area contributed by atoms with Crippen LogP contribution in [-0.2, 0) is 9.53 Å². The van der Waals surface area contributed by atoms with Gasteiger partial charge in [0.15, 0.2) is 0 Å². The van der Waals surface area contributed by atoms with E-state index in [1.807, 2.05) is 0 Å². The summed E-state index contributed by atoms with van der Waals surface area (Å²) in [5.41, 5.74) is 0.185. The fourth-order valence-corrected chi connectivity index (χ4v) is 2.01. The molecule has 0 saturated carbocycles. The number of halogens is 2. The van der Waals surface area contributed by atoms with Crippen molar-refractivity contribution in [1.82, 2.24) is 0 Å². The molecule has 0 spiro atoms. The largest absolute Gasteiger partial charge is 0.450 e. The molecular weight excluding hydrogens is 323 g/mol. The lowest BCUT2D eigenvalue weighted by Crippen LogP contribution is -2.22. The standard InChI is InChI=1S/C17H20Cl2O3/c1-17(2,3)22-16(21)8-6-4-5-7-15(20)12-9-10-13(18)14(19)11-12/h9-11,15,20H,4-5,7H2,1-3H3. The number of ether oxygens (including phenoxy) is 1. The molecular formula is C17H20Cl2O3. The summed E-state index contributed by atoms with van der Waals surface area (Å²) in [5, 5.41) is 10.9. The number of rotatable bonds is 4. The van der Waals surface area contributed by atoms with Crippen molar-refractivity contribution in [2.24, 2.45) is 0 Å². The first-order valence-corrected chi connectivity index (χ1v) is 7.79. The quantitative estimate of drug-likeness (QED) is 0.378. The number of carbonyl (C=O) groups excluding carboxylic acids is 1. The summed E-state index contributed by atoms with van der Waals surface area (Å²) in [6, 6.07) is 5.05. The zero-order chi connectivity index (χ0) is 16.8. The predicted octanol–water partition coefficient (Wildman–Crippen LogP) is 4.54. The normalized spacial score (nSPS) is 12.3. The van der Waals surface area contributed by atoms with Crippen LogP contribution < -0.4 is 0 Å². The van der Waals surface area contributed by atoms with Crippen LogP contribution in [0.3, 0.4) is 0 Å². The van der Waals surface area contributed by atoms with Crippen LogP contribution >= 0.6 is 23.2 Å². The van der Waals surface area contributed by atoms with E-state index in [1.54, 1.807) is 39.0 Å². The Morgan fingerprint density at radius 2 is 2.00 bits per heavy atom. The Kier molecular flexibility index (Phi) is 7.22. The zero-order valence-electron chi connectivity index (χ0n) is 13.0. The first-order valence-electron chi connectivity index (χ1n) is 7.04. The minimum Gasteiger partial charge on any atom is -0.450 e. The fourth-order valence-electron chi connectivity index (χ4n) is 1.71. The Morgan fingerprint density at radius 1 is 1.32 bits per heavy atom. The molecule has 5 heteroatoms. The van der Waals surface area contributed by atoms with Gasteiger partial charge in [0.2, 0.25) is 0 Å². The summed E-state index contributed by atoms with van der Waals surface area (Å²) in [6.45, 7) is 5.38. The molecule has 1 N–H and O–H groups in total. The molecule has 0 radical (unpaired) electrons. The summed E-state index contributed by atoms with van der Waals surface area (Å²) < 4.78 is 5.07. The van der Waals surface area contributed by atoms with Gasteiger partial charge < -0.3 is 9.84 Å². The van der Waals surface area contributed by atoms with E-state index >= 15 is 0 Å². The average Bonchev–Trinajstić information content (AvgIpc) is 2.39. The minimum absolute atomic E-state index is 0.419. The molecule has 22 heavy (non-hydrogen) atoms. The Morgan fingerprint density at radius 3 is 2.59 bits per heavy atom. The van der Waals surface area contributed by atoms with Gasteiger partial charge in [-0.15, -0.1) is 0 Å². The highest BCUT2D eigenvalue weighted by atomic mass is 35.5. The molecule has 1 aromatic rings. The van der Waals surface area contributed by atoms with Crippen molar-refractivity contribution >= 4 is 29.2 Å². The third-order valence-corrected chi connectivity index (χ3v) is 3.44. The molecule has 1 unspecified atom stereocenters. The molecule has 1 atom stereocenters. The van der Waals surface area contributed by atoms with Gasteiger partial charge >= 0.3 is 5.97 Å². The van der Waals surface area contributed by atoms with Gasteiger partial charge in [0.1, 0.15) is 5.60 Å². The van der Waals surface area contributed by atoms with Crippen LogP contribution in [0.2, 0.25) is 10.0 Å². The third kappa shape index (κ3) is 7.17. The summed E-state index contributed by atoms with van der Waals surface area (Å²) in [4.78, 5) is 11.4. The molecule has 1 aromatic carbocycles. The van der Waals surface area contributed by atoms with Crippen molar-refractivity contribution in [2.75, 3.05) is 0 Å². The highest BCUT2D eigenvalue weighted by Gasteiger charge is 2.14. The van der Waals surface area contributed by atoms with Crippen LogP contribution in [0.15, 0.2) is 18.2 Å². The van der Waals surface area contributed by atoms with Crippen LogP contribution in [0.4, 0.5) is 0 Å². The van der Waals surface area contributed by atoms with Crippen LogP contribution in [0, 0.1) is 11.8 Å². The fraction of sp³-hybridized carbons (Fsp3) is 0.471. The van der Waals surface area contributed by atoms with Crippen molar-refractivity contribution in [2.45, 2.75) is 51.7 Å². The van der Waals surface area contributed by atoms with Crippen molar-refractivity contribution < 1.29 is 14.6 Å². The maximum atomic E-state index is 11.4. The van der Waals surface area contributed by atoms with Crippen molar-refractivity contribution in [1.29, 1.82) is 0 Å². The summed E-state index contributed by atoms with van der Waals surface area (Å²) in [6.07, 6.45) is 1.08. The summed E-state index contributed by atoms with van der Waals surface area (Å²) in [7, 11) is 0. The van der Waals surface area contributed by atoms with Gasteiger partial charge in [0.05, 0.1) is 16.1 Å². The van der Waals surface area contributed by atoms with Gasteiger partial charge in [0, 0.05) is 12.3 Å². The van der Waals surface area contributed by atoms with Gasteiger partial charge in [0.25, 0.3) is 0 Å². The van der Waals surface area contributed by atoms with E-state index in [0.717, 1.165) is 5.56 Å².